The van der Waals surface area contributed by atoms with E-state index in [0.29, 0.717) is 0 Å². The SMILES string of the molecule is CC(C)[C@H](C)NC(=O)COC(=O)c1cc([N+](=O)[O-])ccc1Cl. The minimum Gasteiger partial charge on any atom is -0.452 e. The topological polar surface area (TPSA) is 98.5 Å². The molecule has 1 N–H and O–H groups in total. The van der Waals surface area contributed by atoms with E-state index in [1.807, 2.05) is 20.8 Å². The first-order valence-electron chi connectivity index (χ1n) is 6.62. The van der Waals surface area contributed by atoms with E-state index in [9.17, 15) is 19.7 Å². The van der Waals surface area contributed by atoms with Crippen LogP contribution in [0.15, 0.2) is 18.2 Å². The highest BCUT2D eigenvalue weighted by Crippen LogP contribution is 2.22. The molecule has 22 heavy (non-hydrogen) atoms. The average molecular weight is 329 g/mol. The molecule has 1 amide bonds. The van der Waals surface area contributed by atoms with Crippen LogP contribution in [-0.2, 0) is 9.53 Å². The third-order valence-corrected chi connectivity index (χ3v) is 3.43. The number of nitro benzene ring substituents is 1. The zero-order chi connectivity index (χ0) is 16.9. The molecule has 0 heterocycles. The summed E-state index contributed by atoms with van der Waals surface area (Å²) in [6.07, 6.45) is 0. The summed E-state index contributed by atoms with van der Waals surface area (Å²) in [6, 6.07) is 3.36. The highest BCUT2D eigenvalue weighted by atomic mass is 35.5. The van der Waals surface area contributed by atoms with Crippen LogP contribution < -0.4 is 5.32 Å². The lowest BCUT2D eigenvalue weighted by Crippen LogP contribution is -2.38. The number of rotatable bonds is 6. The number of carbonyl (C=O) groups is 2. The molecule has 8 heteroatoms. The maximum absolute atomic E-state index is 11.9. The fourth-order valence-electron chi connectivity index (χ4n) is 1.45. The van der Waals surface area contributed by atoms with Crippen molar-refractivity contribution in [1.82, 2.24) is 5.32 Å². The van der Waals surface area contributed by atoms with Crippen LogP contribution in [0.25, 0.3) is 0 Å². The van der Waals surface area contributed by atoms with Crippen molar-refractivity contribution in [3.8, 4) is 0 Å². The summed E-state index contributed by atoms with van der Waals surface area (Å²) in [6.45, 7) is 5.25. The van der Waals surface area contributed by atoms with Crippen LogP contribution in [0, 0.1) is 16.0 Å². The van der Waals surface area contributed by atoms with Crippen LogP contribution in [0.5, 0.6) is 0 Å². The number of nitro groups is 1. The van der Waals surface area contributed by atoms with Crippen molar-refractivity contribution in [3.05, 3.63) is 38.9 Å². The highest BCUT2D eigenvalue weighted by Gasteiger charge is 2.19. The lowest BCUT2D eigenvalue weighted by Gasteiger charge is -2.17. The number of benzene rings is 1. The maximum atomic E-state index is 11.9. The van der Waals surface area contributed by atoms with E-state index in [1.54, 1.807) is 0 Å². The monoisotopic (exact) mass is 328 g/mol. The Labute approximate surface area is 132 Å². The number of nitrogens with zero attached hydrogens (tertiary/aromatic N) is 1. The molecule has 0 saturated heterocycles. The Kier molecular flexibility index (Phi) is 6.30. The standard InChI is InChI=1S/C14H17ClN2O5/c1-8(2)9(3)16-13(18)7-22-14(19)11-6-10(17(20)21)4-5-12(11)15/h4-6,8-9H,7H2,1-3H3,(H,16,18)/t9-/m0/s1. The fourth-order valence-corrected chi connectivity index (χ4v) is 1.65. The molecule has 0 saturated carbocycles. The van der Waals surface area contributed by atoms with Gasteiger partial charge in [0.15, 0.2) is 6.61 Å². The van der Waals surface area contributed by atoms with Gasteiger partial charge in [-0.05, 0) is 18.9 Å². The largest absolute Gasteiger partial charge is 0.452 e. The molecule has 0 aliphatic carbocycles. The van der Waals surface area contributed by atoms with E-state index >= 15 is 0 Å². The van der Waals surface area contributed by atoms with Gasteiger partial charge >= 0.3 is 5.97 Å². The van der Waals surface area contributed by atoms with Gasteiger partial charge in [-0.25, -0.2) is 4.79 Å². The summed E-state index contributed by atoms with van der Waals surface area (Å²) in [5.74, 6) is -1.09. The first-order chi connectivity index (χ1) is 10.2. The van der Waals surface area contributed by atoms with Gasteiger partial charge in [-0.3, -0.25) is 14.9 Å². The number of halogens is 1. The van der Waals surface area contributed by atoms with E-state index in [1.165, 1.54) is 12.1 Å². The van der Waals surface area contributed by atoms with Gasteiger partial charge in [-0.1, -0.05) is 25.4 Å². The van der Waals surface area contributed by atoms with E-state index in [0.717, 1.165) is 6.07 Å². The molecule has 0 bridgehead atoms. The lowest BCUT2D eigenvalue weighted by molar-refractivity contribution is -0.384. The summed E-state index contributed by atoms with van der Waals surface area (Å²) >= 11 is 5.81. The number of hydrogen-bond donors (Lipinski definition) is 1. The Morgan fingerprint density at radius 1 is 1.36 bits per heavy atom. The molecule has 0 radical (unpaired) electrons. The normalized spacial score (nSPS) is 11.9. The summed E-state index contributed by atoms with van der Waals surface area (Å²) in [7, 11) is 0. The number of esters is 1. The molecule has 0 spiro atoms. The highest BCUT2D eigenvalue weighted by molar-refractivity contribution is 6.33. The van der Waals surface area contributed by atoms with Gasteiger partial charge in [-0.2, -0.15) is 0 Å². The number of non-ortho nitro benzene ring substituents is 1. The lowest BCUT2D eigenvalue weighted by atomic mass is 10.1. The average Bonchev–Trinajstić information content (AvgIpc) is 2.44. The number of nitrogens with one attached hydrogen (secondary N) is 1. The van der Waals surface area contributed by atoms with Crippen molar-refractivity contribution < 1.29 is 19.2 Å². The van der Waals surface area contributed by atoms with Crippen LogP contribution in [0.2, 0.25) is 5.02 Å². The second kappa shape index (κ2) is 7.74. The van der Waals surface area contributed by atoms with Crippen molar-refractivity contribution in [2.45, 2.75) is 26.8 Å². The molecule has 1 aromatic carbocycles. The van der Waals surface area contributed by atoms with Crippen LogP contribution in [0.3, 0.4) is 0 Å². The zero-order valence-corrected chi connectivity index (χ0v) is 13.2. The van der Waals surface area contributed by atoms with E-state index in [2.05, 4.69) is 5.32 Å². The van der Waals surface area contributed by atoms with Crippen molar-refractivity contribution in [3.63, 3.8) is 0 Å². The number of hydrogen-bond acceptors (Lipinski definition) is 5. The number of carbonyl (C=O) groups excluding carboxylic acids is 2. The van der Waals surface area contributed by atoms with Gasteiger partial charge in [0.05, 0.1) is 15.5 Å². The van der Waals surface area contributed by atoms with Gasteiger partial charge in [0.1, 0.15) is 0 Å². The quantitative estimate of drug-likeness (QED) is 0.491. The molecule has 0 aromatic heterocycles. The van der Waals surface area contributed by atoms with Gasteiger partial charge < -0.3 is 10.1 Å². The molecule has 120 valence electrons. The van der Waals surface area contributed by atoms with Crippen molar-refractivity contribution in [2.24, 2.45) is 5.92 Å². The fraction of sp³-hybridized carbons (Fsp3) is 0.429. The van der Waals surface area contributed by atoms with Crippen molar-refractivity contribution >= 4 is 29.2 Å². The minimum absolute atomic E-state index is 0.0200. The summed E-state index contributed by atoms with van der Waals surface area (Å²) in [5.41, 5.74) is -0.435. The second-order valence-corrected chi connectivity index (χ2v) is 5.50. The number of ether oxygens (including phenoxy) is 1. The van der Waals surface area contributed by atoms with Gasteiger partial charge in [0.2, 0.25) is 0 Å². The van der Waals surface area contributed by atoms with Crippen molar-refractivity contribution in [2.75, 3.05) is 6.61 Å². The molecule has 1 atom stereocenters. The third-order valence-electron chi connectivity index (χ3n) is 3.10. The summed E-state index contributed by atoms with van der Waals surface area (Å²) in [4.78, 5) is 33.5. The molecule has 1 rings (SSSR count). The molecular formula is C14H17ClN2O5. The van der Waals surface area contributed by atoms with Crippen LogP contribution in [0.1, 0.15) is 31.1 Å². The molecular weight excluding hydrogens is 312 g/mol. The Morgan fingerprint density at radius 3 is 2.55 bits per heavy atom. The predicted octanol–water partition coefficient (Wildman–Crippen LogP) is 2.57. The van der Waals surface area contributed by atoms with Crippen LogP contribution >= 0.6 is 11.6 Å². The van der Waals surface area contributed by atoms with E-state index in [4.69, 9.17) is 16.3 Å². The second-order valence-electron chi connectivity index (χ2n) is 5.10. The third kappa shape index (κ3) is 5.00. The molecule has 0 unspecified atom stereocenters. The van der Waals surface area contributed by atoms with Crippen LogP contribution in [-0.4, -0.2) is 29.4 Å². The number of amides is 1. The van der Waals surface area contributed by atoms with E-state index < -0.39 is 23.4 Å². The van der Waals surface area contributed by atoms with Gasteiger partial charge in [0, 0.05) is 18.2 Å². The smallest absolute Gasteiger partial charge is 0.340 e. The first-order valence-corrected chi connectivity index (χ1v) is 7.00. The molecule has 1 aromatic rings. The maximum Gasteiger partial charge on any atom is 0.340 e. The predicted molar refractivity (Wildman–Crippen MR) is 80.8 cm³/mol. The zero-order valence-electron chi connectivity index (χ0n) is 12.5. The molecule has 0 aliphatic heterocycles. The Hall–Kier alpha value is -2.15. The van der Waals surface area contributed by atoms with Gasteiger partial charge in [-0.15, -0.1) is 0 Å². The summed E-state index contributed by atoms with van der Waals surface area (Å²) < 4.78 is 4.83. The Bertz CT molecular complexity index is 589. The minimum atomic E-state index is -0.888. The first kappa shape index (κ1) is 17.9. The molecule has 0 aliphatic rings. The van der Waals surface area contributed by atoms with Crippen molar-refractivity contribution in [1.29, 1.82) is 0 Å². The summed E-state index contributed by atoms with van der Waals surface area (Å²) in [5, 5.41) is 13.4. The Morgan fingerprint density at radius 2 is 2.00 bits per heavy atom. The molecule has 7 nitrogen and oxygen atoms in total. The van der Waals surface area contributed by atoms with Crippen LogP contribution in [0.4, 0.5) is 5.69 Å². The Balaban J connectivity index is 2.68. The van der Waals surface area contributed by atoms with E-state index in [-0.39, 0.29) is 28.2 Å². The molecule has 0 fully saturated rings. The van der Waals surface area contributed by atoms with Gasteiger partial charge in [0.25, 0.3) is 11.6 Å².